The number of carboxylic acid groups (broad SMARTS) is 1. The smallest absolute Gasteiger partial charge is 0.335 e. The molecule has 0 saturated carbocycles. The lowest BCUT2D eigenvalue weighted by Gasteiger charge is -2.17. The molecule has 1 unspecified atom stereocenters. The molecule has 0 aliphatic heterocycles. The van der Waals surface area contributed by atoms with E-state index in [0.29, 0.717) is 18.7 Å². The topological polar surface area (TPSA) is 67.8 Å². The Morgan fingerprint density at radius 1 is 1.19 bits per heavy atom. The summed E-state index contributed by atoms with van der Waals surface area (Å²) < 4.78 is 11.2. The maximum atomic E-state index is 11.1. The molecule has 1 atom stereocenters. The molecule has 140 valence electrons. The second-order valence-corrected chi connectivity index (χ2v) is 6.22. The third-order valence-corrected chi connectivity index (χ3v) is 4.23. The normalized spacial score (nSPS) is 11.8. The van der Waals surface area contributed by atoms with E-state index >= 15 is 0 Å². The predicted octanol–water partition coefficient (Wildman–Crippen LogP) is 4.42. The van der Waals surface area contributed by atoms with Gasteiger partial charge in [-0.15, -0.1) is 0 Å². The van der Waals surface area contributed by atoms with E-state index in [4.69, 9.17) is 14.6 Å². The molecule has 0 amide bonds. The molecule has 2 aromatic rings. The molecule has 0 saturated heterocycles. The van der Waals surface area contributed by atoms with E-state index in [1.54, 1.807) is 25.3 Å². The molecule has 5 nitrogen and oxygen atoms in total. The Morgan fingerprint density at radius 2 is 2.00 bits per heavy atom. The number of nitrogens with one attached hydrogen (secondary N) is 1. The minimum atomic E-state index is -0.914. The highest BCUT2D eigenvalue weighted by Crippen LogP contribution is 2.30. The van der Waals surface area contributed by atoms with E-state index in [0.717, 1.165) is 35.5 Å². The third-order valence-electron chi connectivity index (χ3n) is 4.23. The molecule has 0 aliphatic carbocycles. The van der Waals surface area contributed by atoms with Crippen molar-refractivity contribution in [3.8, 4) is 11.5 Å². The van der Waals surface area contributed by atoms with Crippen LogP contribution in [0.1, 0.15) is 54.2 Å². The first-order chi connectivity index (χ1) is 12.5. The Morgan fingerprint density at radius 3 is 2.69 bits per heavy atom. The summed E-state index contributed by atoms with van der Waals surface area (Å²) in [5.74, 6) is 0.564. The van der Waals surface area contributed by atoms with Crippen molar-refractivity contribution in [2.45, 2.75) is 39.3 Å². The van der Waals surface area contributed by atoms with Crippen LogP contribution in [-0.2, 0) is 6.54 Å². The van der Waals surface area contributed by atoms with Gasteiger partial charge in [0.05, 0.1) is 19.3 Å². The molecular weight excluding hydrogens is 330 g/mol. The van der Waals surface area contributed by atoms with Gasteiger partial charge < -0.3 is 19.9 Å². The monoisotopic (exact) mass is 357 g/mol. The van der Waals surface area contributed by atoms with E-state index < -0.39 is 5.97 Å². The minimum Gasteiger partial charge on any atom is -0.493 e. The first kappa shape index (κ1) is 19.8. The molecule has 0 fully saturated rings. The standard InChI is InChI=1S/C21H27NO4/c1-4-5-11-26-19-10-9-17(13-20(19)25-3)15(2)22-14-16-7-6-8-18(12-16)21(23)24/h6-10,12-13,15,22H,4-5,11,14H2,1-3H3,(H,23,24). The lowest BCUT2D eigenvalue weighted by molar-refractivity contribution is 0.0696. The Balaban J connectivity index is 2.01. The average Bonchev–Trinajstić information content (AvgIpc) is 2.66. The van der Waals surface area contributed by atoms with Crippen molar-refractivity contribution in [2.75, 3.05) is 13.7 Å². The first-order valence-corrected chi connectivity index (χ1v) is 8.91. The van der Waals surface area contributed by atoms with Crippen molar-refractivity contribution in [3.05, 3.63) is 59.2 Å². The van der Waals surface area contributed by atoms with Gasteiger partial charge >= 0.3 is 5.97 Å². The summed E-state index contributed by atoms with van der Waals surface area (Å²) >= 11 is 0. The molecule has 0 aliphatic rings. The number of hydrogen-bond acceptors (Lipinski definition) is 4. The lowest BCUT2D eigenvalue weighted by Crippen LogP contribution is -2.18. The highest BCUT2D eigenvalue weighted by atomic mass is 16.5. The van der Waals surface area contributed by atoms with E-state index in [2.05, 4.69) is 19.2 Å². The van der Waals surface area contributed by atoms with Gasteiger partial charge in [-0.2, -0.15) is 0 Å². The Labute approximate surface area is 155 Å². The number of rotatable bonds is 10. The molecule has 5 heteroatoms. The number of carbonyl (C=O) groups is 1. The Bertz CT molecular complexity index is 730. The summed E-state index contributed by atoms with van der Waals surface area (Å²) in [5, 5.41) is 12.5. The fourth-order valence-corrected chi connectivity index (χ4v) is 2.60. The van der Waals surface area contributed by atoms with Gasteiger partial charge in [0.15, 0.2) is 11.5 Å². The second-order valence-electron chi connectivity index (χ2n) is 6.22. The SMILES string of the molecule is CCCCOc1ccc(C(C)NCc2cccc(C(=O)O)c2)cc1OC. The van der Waals surface area contributed by atoms with Crippen LogP contribution in [0.25, 0.3) is 0 Å². The van der Waals surface area contributed by atoms with Crippen LogP contribution in [-0.4, -0.2) is 24.8 Å². The number of unbranched alkanes of at least 4 members (excludes halogenated alkanes) is 1. The van der Waals surface area contributed by atoms with Crippen LogP contribution >= 0.6 is 0 Å². The van der Waals surface area contributed by atoms with Crippen LogP contribution in [0.4, 0.5) is 0 Å². The summed E-state index contributed by atoms with van der Waals surface area (Å²) in [6.07, 6.45) is 2.10. The van der Waals surface area contributed by atoms with Crippen LogP contribution in [0, 0.1) is 0 Å². The van der Waals surface area contributed by atoms with Gasteiger partial charge in [-0.3, -0.25) is 0 Å². The number of hydrogen-bond donors (Lipinski definition) is 2. The second kappa shape index (κ2) is 9.82. The summed E-state index contributed by atoms with van der Waals surface area (Å²) in [7, 11) is 1.64. The van der Waals surface area contributed by atoms with Gasteiger partial charge in [0.1, 0.15) is 0 Å². The molecule has 0 heterocycles. The largest absolute Gasteiger partial charge is 0.493 e. The maximum absolute atomic E-state index is 11.1. The van der Waals surface area contributed by atoms with Crippen molar-refractivity contribution in [2.24, 2.45) is 0 Å². The predicted molar refractivity (Wildman–Crippen MR) is 102 cm³/mol. The quantitative estimate of drug-likeness (QED) is 0.616. The summed E-state index contributed by atoms with van der Waals surface area (Å²) in [5.41, 5.74) is 2.31. The van der Waals surface area contributed by atoms with Crippen molar-refractivity contribution < 1.29 is 19.4 Å². The highest BCUT2D eigenvalue weighted by molar-refractivity contribution is 5.87. The van der Waals surface area contributed by atoms with Gasteiger partial charge in [0.2, 0.25) is 0 Å². The zero-order valence-electron chi connectivity index (χ0n) is 15.6. The fraction of sp³-hybridized carbons (Fsp3) is 0.381. The van der Waals surface area contributed by atoms with Crippen molar-refractivity contribution >= 4 is 5.97 Å². The number of methoxy groups -OCH3 is 1. The van der Waals surface area contributed by atoms with E-state index in [9.17, 15) is 4.79 Å². The molecule has 0 spiro atoms. The summed E-state index contributed by atoms with van der Waals surface area (Å²) in [6.45, 7) is 5.45. The van der Waals surface area contributed by atoms with E-state index in [1.165, 1.54) is 0 Å². The van der Waals surface area contributed by atoms with Gasteiger partial charge in [0.25, 0.3) is 0 Å². The molecular formula is C21H27NO4. The molecule has 0 aromatic heterocycles. The fourth-order valence-electron chi connectivity index (χ4n) is 2.60. The molecule has 2 aromatic carbocycles. The number of carboxylic acids is 1. The molecule has 0 radical (unpaired) electrons. The number of aromatic carboxylic acids is 1. The number of ether oxygens (including phenoxy) is 2. The first-order valence-electron chi connectivity index (χ1n) is 8.91. The minimum absolute atomic E-state index is 0.0853. The summed E-state index contributed by atoms with van der Waals surface area (Å²) in [4.78, 5) is 11.1. The van der Waals surface area contributed by atoms with Crippen LogP contribution < -0.4 is 14.8 Å². The van der Waals surface area contributed by atoms with Gasteiger partial charge in [-0.05, 0) is 48.7 Å². The van der Waals surface area contributed by atoms with Crippen molar-refractivity contribution in [1.29, 1.82) is 0 Å². The average molecular weight is 357 g/mol. The zero-order valence-corrected chi connectivity index (χ0v) is 15.6. The zero-order chi connectivity index (χ0) is 18.9. The van der Waals surface area contributed by atoms with Gasteiger partial charge in [-0.25, -0.2) is 4.79 Å². The summed E-state index contributed by atoms with van der Waals surface area (Å²) in [6, 6.07) is 13.0. The molecule has 26 heavy (non-hydrogen) atoms. The van der Waals surface area contributed by atoms with Gasteiger partial charge in [-0.1, -0.05) is 31.5 Å². The Hall–Kier alpha value is -2.53. The van der Waals surface area contributed by atoms with Crippen molar-refractivity contribution in [3.63, 3.8) is 0 Å². The van der Waals surface area contributed by atoms with E-state index in [1.807, 2.05) is 24.3 Å². The molecule has 2 N–H and O–H groups in total. The third kappa shape index (κ3) is 5.49. The van der Waals surface area contributed by atoms with Crippen molar-refractivity contribution in [1.82, 2.24) is 5.32 Å². The molecule has 0 bridgehead atoms. The number of benzene rings is 2. The lowest BCUT2D eigenvalue weighted by atomic mass is 10.1. The van der Waals surface area contributed by atoms with Crippen LogP contribution in [0.5, 0.6) is 11.5 Å². The van der Waals surface area contributed by atoms with Crippen LogP contribution in [0.15, 0.2) is 42.5 Å². The van der Waals surface area contributed by atoms with Gasteiger partial charge in [0, 0.05) is 12.6 Å². The van der Waals surface area contributed by atoms with Crippen LogP contribution in [0.3, 0.4) is 0 Å². The van der Waals surface area contributed by atoms with E-state index in [-0.39, 0.29) is 6.04 Å². The van der Waals surface area contributed by atoms with Crippen LogP contribution in [0.2, 0.25) is 0 Å². The highest BCUT2D eigenvalue weighted by Gasteiger charge is 2.11. The Kier molecular flexibility index (Phi) is 7.48. The molecule has 2 rings (SSSR count). The maximum Gasteiger partial charge on any atom is 0.335 e.